The monoisotopic (exact) mass is 507 g/mol. The Labute approximate surface area is 215 Å². The predicted octanol–water partition coefficient (Wildman–Crippen LogP) is 2.25. The Balaban J connectivity index is 1.14. The fourth-order valence-electron chi connectivity index (χ4n) is 6.15. The number of azo groups is 1. The highest BCUT2D eigenvalue weighted by Crippen LogP contribution is 2.50. The van der Waals surface area contributed by atoms with Gasteiger partial charge in [0.15, 0.2) is 5.78 Å². The summed E-state index contributed by atoms with van der Waals surface area (Å²) in [6.45, 7) is 5.61. The number of hydrogen-bond donors (Lipinski definition) is 3. The van der Waals surface area contributed by atoms with Gasteiger partial charge in [0.1, 0.15) is 6.04 Å². The molecule has 11 nitrogen and oxygen atoms in total. The fraction of sp³-hybridized carbons (Fsp3) is 0.577. The number of hydrogen-bond acceptors (Lipinski definition) is 8. The number of ketones is 1. The van der Waals surface area contributed by atoms with Gasteiger partial charge in [-0.15, -0.1) is 0 Å². The lowest BCUT2D eigenvalue weighted by Crippen LogP contribution is -2.49. The van der Waals surface area contributed by atoms with Crippen LogP contribution in [0.1, 0.15) is 47.6 Å². The fourth-order valence-corrected chi connectivity index (χ4v) is 6.15. The summed E-state index contributed by atoms with van der Waals surface area (Å²) < 4.78 is 5.32. The quantitative estimate of drug-likeness (QED) is 0.574. The van der Waals surface area contributed by atoms with Gasteiger partial charge in [-0.05, 0) is 37.3 Å². The molecule has 2 saturated heterocycles. The van der Waals surface area contributed by atoms with Crippen LogP contribution in [0.2, 0.25) is 0 Å². The number of anilines is 1. The SMILES string of the molecule is O=C(Nc1cccc2c1C(=O)C1=C(C3CCC(C(=O)N4CCNCC4)CC3)N=NC12)NN1CCOCC1. The predicted molar refractivity (Wildman–Crippen MR) is 135 cm³/mol. The van der Waals surface area contributed by atoms with Crippen molar-refractivity contribution in [2.75, 3.05) is 57.8 Å². The molecule has 3 aliphatic heterocycles. The van der Waals surface area contributed by atoms with E-state index in [0.717, 1.165) is 63.1 Å². The molecule has 6 rings (SSSR count). The normalized spacial score (nSPS) is 27.7. The molecule has 5 aliphatic rings. The Morgan fingerprint density at radius 1 is 1.03 bits per heavy atom. The maximum absolute atomic E-state index is 13.7. The molecular formula is C26H33N7O4. The lowest BCUT2D eigenvalue weighted by Gasteiger charge is -2.34. The molecular weight excluding hydrogens is 474 g/mol. The van der Waals surface area contributed by atoms with Crippen molar-refractivity contribution in [1.29, 1.82) is 0 Å². The van der Waals surface area contributed by atoms with Crippen LogP contribution < -0.4 is 16.1 Å². The molecule has 1 aromatic rings. The highest BCUT2D eigenvalue weighted by atomic mass is 16.5. The van der Waals surface area contributed by atoms with Crippen LogP contribution in [-0.4, -0.2) is 80.1 Å². The van der Waals surface area contributed by atoms with E-state index in [1.807, 2.05) is 17.0 Å². The summed E-state index contributed by atoms with van der Waals surface area (Å²) >= 11 is 0. The number of nitrogens with one attached hydrogen (secondary N) is 3. The van der Waals surface area contributed by atoms with Crippen LogP contribution in [0.4, 0.5) is 10.5 Å². The Hall–Kier alpha value is -3.15. The number of carbonyl (C=O) groups is 3. The second kappa shape index (κ2) is 10.3. The zero-order valence-electron chi connectivity index (χ0n) is 20.9. The third-order valence-electron chi connectivity index (χ3n) is 8.10. The standard InChI is InChI=1S/C26H33N7O4/c34-24-20-18(2-1-3-19(20)28-26(36)31-33-12-14-37-15-13-33)23-21(24)22(29-30-23)16-4-6-17(7-5-16)25(35)32-10-8-27-9-11-32/h1-3,16-17,23,27H,4-15H2,(H2,28,31,36). The number of morpholine rings is 1. The number of Topliss-reactive ketones (excluding diaryl/α,β-unsaturated/α-hetero) is 1. The Bertz CT molecular complexity index is 1150. The van der Waals surface area contributed by atoms with Crippen LogP contribution in [0.3, 0.4) is 0 Å². The number of piperazine rings is 1. The number of urea groups is 1. The second-order valence-electron chi connectivity index (χ2n) is 10.3. The maximum Gasteiger partial charge on any atom is 0.333 e. The summed E-state index contributed by atoms with van der Waals surface area (Å²) in [6, 6.07) is 4.67. The van der Waals surface area contributed by atoms with Crippen LogP contribution >= 0.6 is 0 Å². The Morgan fingerprint density at radius 2 is 1.78 bits per heavy atom. The molecule has 0 spiro atoms. The van der Waals surface area contributed by atoms with Gasteiger partial charge in [0.2, 0.25) is 5.91 Å². The molecule has 0 bridgehead atoms. The highest BCUT2D eigenvalue weighted by Gasteiger charge is 2.44. The van der Waals surface area contributed by atoms with Crippen molar-refractivity contribution in [3.63, 3.8) is 0 Å². The molecule has 3 amide bonds. The first-order valence-electron chi connectivity index (χ1n) is 13.3. The summed E-state index contributed by atoms with van der Waals surface area (Å²) in [4.78, 5) is 41.2. The third-order valence-corrected chi connectivity index (χ3v) is 8.10. The van der Waals surface area contributed by atoms with E-state index in [0.29, 0.717) is 43.1 Å². The zero-order valence-corrected chi connectivity index (χ0v) is 20.9. The molecule has 37 heavy (non-hydrogen) atoms. The van der Waals surface area contributed by atoms with Gasteiger partial charge in [-0.2, -0.15) is 10.2 Å². The van der Waals surface area contributed by atoms with Crippen LogP contribution in [0, 0.1) is 11.8 Å². The molecule has 2 aliphatic carbocycles. The minimum atomic E-state index is -0.415. The number of rotatable bonds is 4. The number of hydrazine groups is 1. The second-order valence-corrected chi connectivity index (χ2v) is 10.3. The van der Waals surface area contributed by atoms with Crippen molar-refractivity contribution in [2.24, 2.45) is 22.1 Å². The van der Waals surface area contributed by atoms with Crippen LogP contribution in [0.25, 0.3) is 0 Å². The lowest BCUT2D eigenvalue weighted by molar-refractivity contribution is -0.137. The smallest absolute Gasteiger partial charge is 0.333 e. The average Bonchev–Trinajstić information content (AvgIpc) is 3.49. The molecule has 1 atom stereocenters. The molecule has 1 saturated carbocycles. The van der Waals surface area contributed by atoms with Gasteiger partial charge in [0.05, 0.1) is 35.7 Å². The minimum Gasteiger partial charge on any atom is -0.379 e. The number of amides is 3. The van der Waals surface area contributed by atoms with E-state index < -0.39 is 6.04 Å². The molecule has 0 radical (unpaired) electrons. The first kappa shape index (κ1) is 24.2. The first-order chi connectivity index (χ1) is 18.1. The van der Waals surface area contributed by atoms with Crippen LogP contribution in [0.15, 0.2) is 39.7 Å². The van der Waals surface area contributed by atoms with E-state index in [2.05, 4.69) is 26.3 Å². The summed E-state index contributed by atoms with van der Waals surface area (Å²) in [5.74, 6) is 0.321. The topological polar surface area (TPSA) is 128 Å². The molecule has 3 N–H and O–H groups in total. The third kappa shape index (κ3) is 4.67. The molecule has 3 heterocycles. The van der Waals surface area contributed by atoms with Crippen LogP contribution in [-0.2, 0) is 9.53 Å². The van der Waals surface area contributed by atoms with Crippen LogP contribution in [0.5, 0.6) is 0 Å². The van der Waals surface area contributed by atoms with E-state index in [1.165, 1.54) is 0 Å². The first-order valence-corrected chi connectivity index (χ1v) is 13.3. The van der Waals surface area contributed by atoms with E-state index in [9.17, 15) is 14.4 Å². The van der Waals surface area contributed by atoms with Gasteiger partial charge in [0.25, 0.3) is 0 Å². The maximum atomic E-state index is 13.7. The van der Waals surface area contributed by atoms with E-state index in [1.54, 1.807) is 11.1 Å². The zero-order chi connectivity index (χ0) is 25.4. The summed E-state index contributed by atoms with van der Waals surface area (Å²) in [5, 5.41) is 16.9. The molecule has 3 fully saturated rings. The van der Waals surface area contributed by atoms with Gasteiger partial charge in [-0.1, -0.05) is 12.1 Å². The minimum absolute atomic E-state index is 0.0475. The summed E-state index contributed by atoms with van der Waals surface area (Å²) in [6.07, 6.45) is 3.26. The number of nitrogens with zero attached hydrogens (tertiary/aromatic N) is 4. The van der Waals surface area contributed by atoms with Gasteiger partial charge < -0.3 is 20.3 Å². The van der Waals surface area contributed by atoms with Crippen molar-refractivity contribution in [1.82, 2.24) is 20.7 Å². The number of carbonyl (C=O) groups excluding carboxylic acids is 3. The highest BCUT2D eigenvalue weighted by molar-refractivity contribution is 6.19. The molecule has 11 heteroatoms. The largest absolute Gasteiger partial charge is 0.379 e. The summed E-state index contributed by atoms with van der Waals surface area (Å²) in [5.41, 5.74) is 5.99. The Morgan fingerprint density at radius 3 is 2.54 bits per heavy atom. The number of allylic oxidation sites excluding steroid dienone is 1. The van der Waals surface area contributed by atoms with Crippen molar-refractivity contribution < 1.29 is 19.1 Å². The van der Waals surface area contributed by atoms with E-state index in [4.69, 9.17) is 4.74 Å². The van der Waals surface area contributed by atoms with Crippen molar-refractivity contribution >= 4 is 23.4 Å². The number of fused-ring (bicyclic) bond motifs is 3. The average molecular weight is 508 g/mol. The van der Waals surface area contributed by atoms with E-state index >= 15 is 0 Å². The van der Waals surface area contributed by atoms with Crippen molar-refractivity contribution in [3.8, 4) is 0 Å². The van der Waals surface area contributed by atoms with Gasteiger partial charge >= 0.3 is 6.03 Å². The molecule has 196 valence electrons. The molecule has 0 aromatic heterocycles. The summed E-state index contributed by atoms with van der Waals surface area (Å²) in [7, 11) is 0. The number of benzene rings is 1. The van der Waals surface area contributed by atoms with Gasteiger partial charge in [-0.3, -0.25) is 15.0 Å². The molecule has 1 unspecified atom stereocenters. The lowest BCUT2D eigenvalue weighted by atomic mass is 9.78. The molecule has 1 aromatic carbocycles. The van der Waals surface area contributed by atoms with Gasteiger partial charge in [-0.25, -0.2) is 9.80 Å². The van der Waals surface area contributed by atoms with Crippen molar-refractivity contribution in [2.45, 2.75) is 31.7 Å². The Kier molecular flexibility index (Phi) is 6.74. The van der Waals surface area contributed by atoms with Gasteiger partial charge in [0, 0.05) is 51.1 Å². The van der Waals surface area contributed by atoms with E-state index in [-0.39, 0.29) is 29.6 Å². The number of ether oxygens (including phenoxy) is 1. The van der Waals surface area contributed by atoms with Crippen molar-refractivity contribution in [3.05, 3.63) is 40.6 Å².